The van der Waals surface area contributed by atoms with Crippen LogP contribution in [-0.4, -0.2) is 24.3 Å². The fourth-order valence-electron chi connectivity index (χ4n) is 2.38. The van der Waals surface area contributed by atoms with Crippen LogP contribution in [0.1, 0.15) is 18.9 Å². The van der Waals surface area contributed by atoms with Gasteiger partial charge in [0.1, 0.15) is 0 Å². The van der Waals surface area contributed by atoms with Gasteiger partial charge in [-0.25, -0.2) is 13.9 Å². The van der Waals surface area contributed by atoms with Gasteiger partial charge in [0.25, 0.3) is 5.91 Å². The van der Waals surface area contributed by atoms with Crippen LogP contribution in [0.3, 0.4) is 0 Å². The van der Waals surface area contributed by atoms with Crippen LogP contribution in [0.4, 0.5) is 0 Å². The Balaban J connectivity index is 2.38. The molecule has 0 saturated heterocycles. The molecule has 122 valence electrons. The average Bonchev–Trinajstić information content (AvgIpc) is 2.60. The highest BCUT2D eigenvalue weighted by molar-refractivity contribution is 7.93. The van der Waals surface area contributed by atoms with Gasteiger partial charge >= 0.3 is 0 Å². The SMILES string of the molecule is CC(CCc1ccccc1)(C(=O)NO)S(=O)(=O)c1ccccc1. The molecule has 0 aliphatic rings. The smallest absolute Gasteiger partial charge is 0.264 e. The van der Waals surface area contributed by atoms with Crippen molar-refractivity contribution in [1.82, 2.24) is 5.48 Å². The minimum atomic E-state index is -3.95. The summed E-state index contributed by atoms with van der Waals surface area (Å²) < 4.78 is 24.0. The lowest BCUT2D eigenvalue weighted by atomic mass is 10.00. The first-order chi connectivity index (χ1) is 10.9. The number of benzene rings is 2. The molecule has 0 radical (unpaired) electrons. The Morgan fingerprint density at radius 2 is 1.57 bits per heavy atom. The third-order valence-corrected chi connectivity index (χ3v) is 6.43. The van der Waals surface area contributed by atoms with Crippen LogP contribution in [0, 0.1) is 0 Å². The summed E-state index contributed by atoms with van der Waals surface area (Å²) in [5.74, 6) is -0.933. The molecule has 0 aromatic heterocycles. The number of rotatable bonds is 6. The largest absolute Gasteiger partial charge is 0.289 e. The van der Waals surface area contributed by atoms with Gasteiger partial charge in [0.15, 0.2) is 14.6 Å². The van der Waals surface area contributed by atoms with Crippen molar-refractivity contribution < 1.29 is 18.4 Å². The molecular formula is C17H19NO4S. The van der Waals surface area contributed by atoms with E-state index in [0.717, 1.165) is 5.56 Å². The van der Waals surface area contributed by atoms with Gasteiger partial charge in [-0.15, -0.1) is 0 Å². The van der Waals surface area contributed by atoms with E-state index in [4.69, 9.17) is 5.21 Å². The number of sulfone groups is 1. The van der Waals surface area contributed by atoms with Gasteiger partial charge in [0, 0.05) is 0 Å². The maximum atomic E-state index is 12.9. The molecule has 0 aliphatic carbocycles. The Bertz CT molecular complexity index is 760. The zero-order valence-corrected chi connectivity index (χ0v) is 13.6. The van der Waals surface area contributed by atoms with Crippen molar-refractivity contribution in [3.63, 3.8) is 0 Å². The fourth-order valence-corrected chi connectivity index (χ4v) is 4.07. The highest BCUT2D eigenvalue weighted by atomic mass is 32.2. The molecule has 0 saturated carbocycles. The van der Waals surface area contributed by atoms with Crippen LogP contribution in [-0.2, 0) is 21.1 Å². The Hall–Kier alpha value is -2.18. The monoisotopic (exact) mass is 333 g/mol. The topological polar surface area (TPSA) is 83.5 Å². The molecule has 1 atom stereocenters. The summed E-state index contributed by atoms with van der Waals surface area (Å²) >= 11 is 0. The van der Waals surface area contributed by atoms with E-state index >= 15 is 0 Å². The second-order valence-corrected chi connectivity index (χ2v) is 7.85. The summed E-state index contributed by atoms with van der Waals surface area (Å²) in [4.78, 5) is 12.2. The van der Waals surface area contributed by atoms with Crippen molar-refractivity contribution in [1.29, 1.82) is 0 Å². The lowest BCUT2D eigenvalue weighted by molar-refractivity contribution is -0.131. The van der Waals surface area contributed by atoms with E-state index in [-0.39, 0.29) is 11.3 Å². The Morgan fingerprint density at radius 1 is 1.04 bits per heavy atom. The first-order valence-electron chi connectivity index (χ1n) is 7.20. The minimum absolute atomic E-state index is 0.0548. The molecule has 2 rings (SSSR count). The third kappa shape index (κ3) is 3.43. The van der Waals surface area contributed by atoms with E-state index in [1.165, 1.54) is 24.5 Å². The highest BCUT2D eigenvalue weighted by Crippen LogP contribution is 2.30. The van der Waals surface area contributed by atoms with Crippen molar-refractivity contribution >= 4 is 15.7 Å². The van der Waals surface area contributed by atoms with Crippen molar-refractivity contribution in [2.75, 3.05) is 0 Å². The van der Waals surface area contributed by atoms with E-state index in [2.05, 4.69) is 0 Å². The van der Waals surface area contributed by atoms with E-state index in [1.54, 1.807) is 18.2 Å². The molecule has 5 nitrogen and oxygen atoms in total. The van der Waals surface area contributed by atoms with Gasteiger partial charge in [0.05, 0.1) is 4.90 Å². The van der Waals surface area contributed by atoms with Crippen LogP contribution in [0.15, 0.2) is 65.6 Å². The zero-order valence-electron chi connectivity index (χ0n) is 12.8. The number of hydroxylamine groups is 1. The van der Waals surface area contributed by atoms with Crippen LogP contribution in [0.25, 0.3) is 0 Å². The van der Waals surface area contributed by atoms with Crippen molar-refractivity contribution in [2.24, 2.45) is 0 Å². The van der Waals surface area contributed by atoms with E-state index in [9.17, 15) is 13.2 Å². The molecule has 6 heteroatoms. The number of hydrogen-bond donors (Lipinski definition) is 2. The molecule has 1 unspecified atom stereocenters. The molecule has 2 aromatic rings. The van der Waals surface area contributed by atoms with E-state index in [0.29, 0.717) is 6.42 Å². The predicted molar refractivity (Wildman–Crippen MR) is 86.7 cm³/mol. The number of hydrogen-bond acceptors (Lipinski definition) is 4. The maximum absolute atomic E-state index is 12.9. The molecule has 0 aliphatic heterocycles. The number of aryl methyl sites for hydroxylation is 1. The quantitative estimate of drug-likeness (QED) is 0.628. The molecule has 0 bridgehead atoms. The van der Waals surface area contributed by atoms with Gasteiger partial charge in [-0.05, 0) is 37.5 Å². The van der Waals surface area contributed by atoms with Crippen LogP contribution >= 0.6 is 0 Å². The predicted octanol–water partition coefficient (Wildman–Crippen LogP) is 2.36. The second kappa shape index (κ2) is 6.93. The molecule has 2 N–H and O–H groups in total. The average molecular weight is 333 g/mol. The van der Waals surface area contributed by atoms with Crippen molar-refractivity contribution in [2.45, 2.75) is 29.4 Å². The molecule has 0 fully saturated rings. The fraction of sp³-hybridized carbons (Fsp3) is 0.235. The molecule has 2 aromatic carbocycles. The maximum Gasteiger partial charge on any atom is 0.264 e. The Kier molecular flexibility index (Phi) is 5.18. The zero-order chi connectivity index (χ0) is 16.9. The minimum Gasteiger partial charge on any atom is -0.289 e. The van der Waals surface area contributed by atoms with Gasteiger partial charge < -0.3 is 0 Å². The standard InChI is InChI=1S/C17H19NO4S/c1-17(16(19)18-20,13-12-14-8-4-2-5-9-14)23(21,22)15-10-6-3-7-11-15/h2-11,20H,12-13H2,1H3,(H,18,19). The van der Waals surface area contributed by atoms with Gasteiger partial charge in [-0.1, -0.05) is 48.5 Å². The summed E-state index contributed by atoms with van der Waals surface area (Å²) in [5, 5.41) is 9.01. The molecule has 0 spiro atoms. The molecule has 23 heavy (non-hydrogen) atoms. The van der Waals surface area contributed by atoms with Gasteiger partial charge in [-0.2, -0.15) is 0 Å². The lowest BCUT2D eigenvalue weighted by Gasteiger charge is -2.27. The molecular weight excluding hydrogens is 314 g/mol. The Labute approximate surface area is 135 Å². The van der Waals surface area contributed by atoms with Gasteiger partial charge in [0.2, 0.25) is 0 Å². The summed E-state index contributed by atoms with van der Waals surface area (Å²) in [6.45, 7) is 1.34. The number of carbonyl (C=O) groups excluding carboxylic acids is 1. The number of nitrogens with one attached hydrogen (secondary N) is 1. The molecule has 0 heterocycles. The number of carbonyl (C=O) groups is 1. The lowest BCUT2D eigenvalue weighted by Crippen LogP contribution is -2.49. The summed E-state index contributed by atoms with van der Waals surface area (Å²) in [6, 6.07) is 17.1. The third-order valence-electron chi connectivity index (χ3n) is 3.96. The van der Waals surface area contributed by atoms with Crippen LogP contribution in [0.2, 0.25) is 0 Å². The number of amides is 1. The first kappa shape index (κ1) is 17.2. The van der Waals surface area contributed by atoms with Crippen LogP contribution in [0.5, 0.6) is 0 Å². The summed E-state index contributed by atoms with van der Waals surface area (Å²) in [6.07, 6.45) is 0.456. The van der Waals surface area contributed by atoms with Crippen molar-refractivity contribution in [3.8, 4) is 0 Å². The Morgan fingerprint density at radius 3 is 2.09 bits per heavy atom. The van der Waals surface area contributed by atoms with Gasteiger partial charge in [-0.3, -0.25) is 10.0 Å². The van der Waals surface area contributed by atoms with E-state index < -0.39 is 20.5 Å². The highest BCUT2D eigenvalue weighted by Gasteiger charge is 2.46. The van der Waals surface area contributed by atoms with Crippen molar-refractivity contribution in [3.05, 3.63) is 66.2 Å². The molecule has 1 amide bonds. The first-order valence-corrected chi connectivity index (χ1v) is 8.68. The summed E-state index contributed by atoms with van der Waals surface area (Å²) in [5.41, 5.74) is 2.42. The second-order valence-electron chi connectivity index (χ2n) is 5.47. The van der Waals surface area contributed by atoms with E-state index in [1.807, 2.05) is 30.3 Å². The van der Waals surface area contributed by atoms with Crippen LogP contribution < -0.4 is 5.48 Å². The summed E-state index contributed by atoms with van der Waals surface area (Å²) in [7, 11) is -3.95. The normalized spacial score (nSPS) is 14.0.